The van der Waals surface area contributed by atoms with Gasteiger partial charge < -0.3 is 10.1 Å². The van der Waals surface area contributed by atoms with Crippen LogP contribution in [0, 0.1) is 0 Å². The summed E-state index contributed by atoms with van der Waals surface area (Å²) < 4.78 is 5.24. The molecule has 1 aliphatic rings. The maximum atomic E-state index is 12.5. The van der Waals surface area contributed by atoms with Gasteiger partial charge in [-0.2, -0.15) is 0 Å². The summed E-state index contributed by atoms with van der Waals surface area (Å²) in [6.07, 6.45) is 8.45. The maximum Gasteiger partial charge on any atom is 0.341 e. The van der Waals surface area contributed by atoms with Crippen LogP contribution >= 0.6 is 11.3 Å². The van der Waals surface area contributed by atoms with E-state index >= 15 is 0 Å². The number of aryl methyl sites for hydroxylation is 1. The molecule has 1 heterocycles. The number of amides is 1. The number of carbonyl (C=O) groups is 2. The highest BCUT2D eigenvalue weighted by Gasteiger charge is 2.26. The molecule has 1 amide bonds. The molecule has 0 radical (unpaired) electrons. The average molecular weight is 369 g/mol. The van der Waals surface area contributed by atoms with E-state index in [1.165, 1.54) is 28.7 Å². The Kier molecular flexibility index (Phi) is 6.23. The van der Waals surface area contributed by atoms with Crippen LogP contribution in [0.5, 0.6) is 0 Å². The molecule has 4 nitrogen and oxygen atoms in total. The van der Waals surface area contributed by atoms with Crippen molar-refractivity contribution in [1.82, 2.24) is 0 Å². The molecule has 0 bridgehead atoms. The molecular weight excluding hydrogens is 346 g/mol. The zero-order chi connectivity index (χ0) is 18.4. The second-order valence-electron chi connectivity index (χ2n) is 6.22. The number of hydrogen-bond acceptors (Lipinski definition) is 4. The molecule has 0 fully saturated rings. The molecule has 1 aromatic heterocycles. The predicted molar refractivity (Wildman–Crippen MR) is 106 cm³/mol. The van der Waals surface area contributed by atoms with Gasteiger partial charge in [-0.1, -0.05) is 36.8 Å². The van der Waals surface area contributed by atoms with E-state index in [0.29, 0.717) is 17.2 Å². The van der Waals surface area contributed by atoms with Crippen molar-refractivity contribution >= 4 is 34.3 Å². The Balaban J connectivity index is 1.83. The lowest BCUT2D eigenvalue weighted by molar-refractivity contribution is -0.111. The maximum absolute atomic E-state index is 12.5. The van der Waals surface area contributed by atoms with Crippen LogP contribution in [0.15, 0.2) is 36.4 Å². The van der Waals surface area contributed by atoms with E-state index in [1.807, 2.05) is 30.3 Å². The molecule has 26 heavy (non-hydrogen) atoms. The Morgan fingerprint density at radius 2 is 1.92 bits per heavy atom. The van der Waals surface area contributed by atoms with E-state index < -0.39 is 0 Å². The average Bonchev–Trinajstić information content (AvgIpc) is 2.82. The molecule has 1 aromatic carbocycles. The van der Waals surface area contributed by atoms with Crippen molar-refractivity contribution in [2.45, 2.75) is 39.0 Å². The van der Waals surface area contributed by atoms with Crippen LogP contribution in [0.25, 0.3) is 6.08 Å². The largest absolute Gasteiger partial charge is 0.462 e. The van der Waals surface area contributed by atoms with Gasteiger partial charge in [0.1, 0.15) is 5.00 Å². The van der Waals surface area contributed by atoms with Gasteiger partial charge in [0.05, 0.1) is 12.2 Å². The van der Waals surface area contributed by atoms with Crippen LogP contribution in [0.3, 0.4) is 0 Å². The molecule has 0 atom stereocenters. The third kappa shape index (κ3) is 4.41. The van der Waals surface area contributed by atoms with Crippen LogP contribution in [0.2, 0.25) is 0 Å². The van der Waals surface area contributed by atoms with Gasteiger partial charge >= 0.3 is 5.97 Å². The van der Waals surface area contributed by atoms with Crippen molar-refractivity contribution in [1.29, 1.82) is 0 Å². The first-order valence-electron chi connectivity index (χ1n) is 9.04. The number of carbonyl (C=O) groups excluding carboxylic acids is 2. The van der Waals surface area contributed by atoms with Crippen molar-refractivity contribution in [2.75, 3.05) is 11.9 Å². The zero-order valence-corrected chi connectivity index (χ0v) is 15.7. The van der Waals surface area contributed by atoms with Crippen LogP contribution in [0.1, 0.15) is 52.5 Å². The standard InChI is InChI=1S/C21H23NO3S/c1-2-25-21(24)19-16-11-7-4-8-12-17(16)26-20(19)22-18(23)14-13-15-9-5-3-6-10-15/h3,5-6,9-10,13-14H,2,4,7-8,11-12H2,1H3,(H,22,23). The van der Waals surface area contributed by atoms with Gasteiger partial charge in [-0.15, -0.1) is 11.3 Å². The minimum atomic E-state index is -0.339. The smallest absolute Gasteiger partial charge is 0.341 e. The predicted octanol–water partition coefficient (Wildman–Crippen LogP) is 4.85. The second kappa shape index (κ2) is 8.81. The lowest BCUT2D eigenvalue weighted by Gasteiger charge is -2.07. The number of rotatable bonds is 5. The first-order valence-corrected chi connectivity index (χ1v) is 9.86. The second-order valence-corrected chi connectivity index (χ2v) is 7.33. The minimum Gasteiger partial charge on any atom is -0.462 e. The molecule has 136 valence electrons. The Hall–Kier alpha value is -2.40. The summed E-state index contributed by atoms with van der Waals surface area (Å²) >= 11 is 1.51. The van der Waals surface area contributed by atoms with Crippen molar-refractivity contribution in [2.24, 2.45) is 0 Å². The Morgan fingerprint density at radius 3 is 2.69 bits per heavy atom. The van der Waals surface area contributed by atoms with E-state index in [9.17, 15) is 9.59 Å². The number of fused-ring (bicyclic) bond motifs is 1. The molecular formula is C21H23NO3S. The molecule has 0 aliphatic heterocycles. The van der Waals surface area contributed by atoms with E-state index in [0.717, 1.165) is 36.8 Å². The Labute approximate surface area is 157 Å². The molecule has 1 N–H and O–H groups in total. The third-order valence-electron chi connectivity index (χ3n) is 4.36. The fraction of sp³-hybridized carbons (Fsp3) is 0.333. The number of thiophene rings is 1. The monoisotopic (exact) mass is 369 g/mol. The Morgan fingerprint density at radius 1 is 1.15 bits per heavy atom. The SMILES string of the molecule is CCOC(=O)c1c(NC(=O)C=Cc2ccccc2)sc2c1CCCCC2. The fourth-order valence-corrected chi connectivity index (χ4v) is 4.42. The zero-order valence-electron chi connectivity index (χ0n) is 14.9. The molecule has 3 rings (SSSR count). The highest BCUT2D eigenvalue weighted by Crippen LogP contribution is 2.38. The topological polar surface area (TPSA) is 55.4 Å². The van der Waals surface area contributed by atoms with E-state index in [2.05, 4.69) is 5.32 Å². The molecule has 1 aliphatic carbocycles. The lowest BCUT2D eigenvalue weighted by Crippen LogP contribution is -2.13. The van der Waals surface area contributed by atoms with Gasteiger partial charge in [-0.25, -0.2) is 4.79 Å². The molecule has 0 unspecified atom stereocenters. The van der Waals surface area contributed by atoms with Crippen molar-refractivity contribution in [3.05, 3.63) is 58.0 Å². The normalized spacial score (nSPS) is 13.9. The van der Waals surface area contributed by atoms with Gasteiger partial charge in [0.2, 0.25) is 5.91 Å². The van der Waals surface area contributed by atoms with Gasteiger partial charge in [0, 0.05) is 11.0 Å². The Bertz CT molecular complexity index is 808. The highest BCUT2D eigenvalue weighted by molar-refractivity contribution is 7.17. The number of esters is 1. The molecule has 5 heteroatoms. The molecule has 2 aromatic rings. The van der Waals surface area contributed by atoms with Gasteiger partial charge in [-0.3, -0.25) is 4.79 Å². The quantitative estimate of drug-likeness (QED) is 0.466. The van der Waals surface area contributed by atoms with Gasteiger partial charge in [0.15, 0.2) is 0 Å². The van der Waals surface area contributed by atoms with E-state index in [-0.39, 0.29) is 11.9 Å². The summed E-state index contributed by atoms with van der Waals surface area (Å²) in [6.45, 7) is 2.12. The highest BCUT2D eigenvalue weighted by atomic mass is 32.1. The van der Waals surface area contributed by atoms with Crippen LogP contribution in [-0.4, -0.2) is 18.5 Å². The summed E-state index contributed by atoms with van der Waals surface area (Å²) in [6, 6.07) is 9.64. The molecule has 0 saturated carbocycles. The first kappa shape index (κ1) is 18.4. The minimum absolute atomic E-state index is 0.240. The molecule has 0 spiro atoms. The van der Waals surface area contributed by atoms with Crippen LogP contribution in [-0.2, 0) is 22.4 Å². The summed E-state index contributed by atoms with van der Waals surface area (Å²) in [5.41, 5.74) is 2.57. The molecule has 0 saturated heterocycles. The van der Waals surface area contributed by atoms with Crippen LogP contribution in [0.4, 0.5) is 5.00 Å². The van der Waals surface area contributed by atoms with Crippen molar-refractivity contribution < 1.29 is 14.3 Å². The summed E-state index contributed by atoms with van der Waals surface area (Å²) in [5, 5.41) is 3.50. The van der Waals surface area contributed by atoms with Gasteiger partial charge in [-0.05, 0) is 49.8 Å². The van der Waals surface area contributed by atoms with E-state index in [1.54, 1.807) is 13.0 Å². The van der Waals surface area contributed by atoms with Crippen LogP contribution < -0.4 is 5.32 Å². The summed E-state index contributed by atoms with van der Waals surface area (Å²) in [5.74, 6) is -0.579. The number of anilines is 1. The fourth-order valence-electron chi connectivity index (χ4n) is 3.14. The summed E-state index contributed by atoms with van der Waals surface area (Å²) in [7, 11) is 0. The first-order chi connectivity index (χ1) is 12.7. The number of nitrogens with one attached hydrogen (secondary N) is 1. The lowest BCUT2D eigenvalue weighted by atomic mass is 10.1. The van der Waals surface area contributed by atoms with Crippen molar-refractivity contribution in [3.63, 3.8) is 0 Å². The number of ether oxygens (including phenoxy) is 1. The van der Waals surface area contributed by atoms with Crippen molar-refractivity contribution in [3.8, 4) is 0 Å². The number of benzene rings is 1. The van der Waals surface area contributed by atoms with Gasteiger partial charge in [0.25, 0.3) is 0 Å². The third-order valence-corrected chi connectivity index (χ3v) is 5.57. The van der Waals surface area contributed by atoms with E-state index in [4.69, 9.17) is 4.74 Å². The summed E-state index contributed by atoms with van der Waals surface area (Å²) in [4.78, 5) is 26.0. The number of hydrogen-bond donors (Lipinski definition) is 1.